The molecular weight excluding hydrogens is 626 g/mol. The lowest BCUT2D eigenvalue weighted by Gasteiger charge is -2.20. The first-order chi connectivity index (χ1) is 18.6. The van der Waals surface area contributed by atoms with Crippen LogP contribution in [-0.2, 0) is 10.5 Å². The largest absolute Gasteiger partial charge is 0.483 e. The quantitative estimate of drug-likeness (QED) is 0.0796. The van der Waals surface area contributed by atoms with E-state index in [1.807, 2.05) is 28.7 Å². The van der Waals surface area contributed by atoms with Gasteiger partial charge in [-0.25, -0.2) is 0 Å². The molecule has 0 unspecified atom stereocenters. The molecule has 11 heteroatoms. The first-order valence-corrected chi connectivity index (χ1v) is 14.9. The number of halogens is 4. The second-order valence-corrected chi connectivity index (χ2v) is 11.1. The number of rotatable bonds is 20. The highest BCUT2D eigenvalue weighted by molar-refractivity contribution is 14.1. The fourth-order valence-corrected chi connectivity index (χ4v) is 4.88. The molecule has 0 radical (unpaired) electrons. The normalized spacial score (nSPS) is 15.9. The van der Waals surface area contributed by atoms with Crippen LogP contribution in [0.2, 0.25) is 0 Å². The van der Waals surface area contributed by atoms with Gasteiger partial charge in [-0.15, -0.1) is 10.2 Å². The van der Waals surface area contributed by atoms with Crippen molar-refractivity contribution in [2.45, 2.75) is 108 Å². The molecule has 0 aromatic heterocycles. The Morgan fingerprint density at radius 3 is 2.18 bits per heavy atom. The molecule has 1 aromatic carbocycles. The van der Waals surface area contributed by atoms with Crippen molar-refractivity contribution in [3.63, 3.8) is 0 Å². The smallest absolute Gasteiger partial charge is 0.442 e. The van der Waals surface area contributed by atoms with E-state index in [-0.39, 0.29) is 11.3 Å². The van der Waals surface area contributed by atoms with E-state index in [1.165, 1.54) is 76.0 Å². The Labute approximate surface area is 242 Å². The van der Waals surface area contributed by atoms with Crippen molar-refractivity contribution in [2.75, 3.05) is 13.2 Å². The van der Waals surface area contributed by atoms with Crippen molar-refractivity contribution >= 4 is 28.5 Å². The van der Waals surface area contributed by atoms with Crippen LogP contribution < -0.4 is 10.1 Å². The highest BCUT2D eigenvalue weighted by Gasteiger charge is 2.65. The van der Waals surface area contributed by atoms with Gasteiger partial charge in [-0.05, 0) is 47.6 Å². The number of ether oxygens (including phenoxy) is 1. The third-order valence-electron chi connectivity index (χ3n) is 6.65. The maximum Gasteiger partial charge on any atom is 0.442 e. The number of nitrogens with zero attached hydrogens (tertiary/aromatic N) is 2. The first kappa shape index (κ1) is 33.5. The van der Waals surface area contributed by atoms with Crippen LogP contribution in [0.5, 0.6) is 5.75 Å². The Morgan fingerprint density at radius 2 is 1.67 bits per heavy atom. The minimum atomic E-state index is -4.63. The van der Waals surface area contributed by atoms with Gasteiger partial charge in [-0.1, -0.05) is 89.4 Å². The van der Waals surface area contributed by atoms with Gasteiger partial charge >= 0.3 is 11.8 Å². The number of nitrogens with one attached hydrogen (secondary N) is 1. The molecule has 220 valence electrons. The number of hydrogen-bond acceptors (Lipinski definition) is 6. The van der Waals surface area contributed by atoms with Gasteiger partial charge in [0, 0.05) is 5.56 Å². The molecule has 1 heterocycles. The molecule has 0 aliphatic carbocycles. The molecule has 0 fully saturated rings. The Morgan fingerprint density at radius 1 is 1.08 bits per heavy atom. The summed E-state index contributed by atoms with van der Waals surface area (Å²) in [5.74, 6) is -0.355. The van der Waals surface area contributed by atoms with E-state index in [2.05, 4.69) is 22.5 Å². The average Bonchev–Trinajstić information content (AvgIpc) is 3.71. The van der Waals surface area contributed by atoms with Crippen LogP contribution in [0.1, 0.15) is 89.5 Å². The standard InChI is InChI=1S/C28H41F3IN3O4/c1-2-3-4-5-6-7-8-9-10-11-12-13-14-15-24(37)23(19-36)33-26(38)20-39-25-17-16-21(18-22(25)32)27(34-35-27)28(29,30)31/h14-18,23-24,36-37H,2-13,19-20H2,1H3,(H,33,38)/b15-14+/t23-,24+/m0/s1. The van der Waals surface area contributed by atoms with Crippen LogP contribution >= 0.6 is 22.6 Å². The summed E-state index contributed by atoms with van der Waals surface area (Å²) < 4.78 is 45.4. The van der Waals surface area contributed by atoms with E-state index < -0.39 is 43.1 Å². The average molecular weight is 668 g/mol. The Kier molecular flexibility index (Phi) is 14.7. The Hall–Kier alpha value is -1.73. The van der Waals surface area contributed by atoms with Crippen molar-refractivity contribution < 1.29 is 32.9 Å². The van der Waals surface area contributed by atoms with Crippen molar-refractivity contribution in [1.29, 1.82) is 0 Å². The molecule has 2 rings (SSSR count). The zero-order chi connectivity index (χ0) is 28.7. The van der Waals surface area contributed by atoms with Crippen molar-refractivity contribution in [2.24, 2.45) is 10.2 Å². The Balaban J connectivity index is 1.63. The lowest BCUT2D eigenvalue weighted by Crippen LogP contribution is -2.46. The van der Waals surface area contributed by atoms with E-state index in [4.69, 9.17) is 4.74 Å². The predicted molar refractivity (Wildman–Crippen MR) is 152 cm³/mol. The fourth-order valence-electron chi connectivity index (χ4n) is 4.20. The molecule has 0 bridgehead atoms. The van der Waals surface area contributed by atoms with E-state index in [9.17, 15) is 28.2 Å². The number of alkyl halides is 3. The number of allylic oxidation sites excluding steroid dienone is 1. The third-order valence-corrected chi connectivity index (χ3v) is 7.49. The summed E-state index contributed by atoms with van der Waals surface area (Å²) in [4.78, 5) is 12.3. The molecule has 1 aliphatic rings. The van der Waals surface area contributed by atoms with Crippen molar-refractivity contribution in [3.05, 3.63) is 39.5 Å². The highest BCUT2D eigenvalue weighted by atomic mass is 127. The number of aliphatic hydroxyl groups excluding tert-OH is 2. The predicted octanol–water partition coefficient (Wildman–Crippen LogP) is 6.95. The molecule has 1 aliphatic heterocycles. The second kappa shape index (κ2) is 17.2. The van der Waals surface area contributed by atoms with Crippen LogP contribution in [0.25, 0.3) is 0 Å². The summed E-state index contributed by atoms with van der Waals surface area (Å²) in [5.41, 5.74) is -2.65. The number of aliphatic hydroxyl groups is 2. The maximum atomic E-state index is 13.2. The fraction of sp³-hybridized carbons (Fsp3) is 0.679. The number of hydrogen-bond donors (Lipinski definition) is 3. The number of unbranched alkanes of at least 4 members (excludes halogenated alkanes) is 11. The summed E-state index contributed by atoms with van der Waals surface area (Å²) in [6.45, 7) is 1.34. The minimum absolute atomic E-state index is 0.125. The molecular formula is C28H41F3IN3O4. The van der Waals surface area contributed by atoms with Gasteiger partial charge in [0.25, 0.3) is 5.91 Å². The second-order valence-electron chi connectivity index (χ2n) is 9.90. The van der Waals surface area contributed by atoms with Gasteiger partial charge in [-0.3, -0.25) is 4.79 Å². The van der Waals surface area contributed by atoms with E-state index in [0.29, 0.717) is 3.57 Å². The molecule has 0 spiro atoms. The number of amides is 1. The van der Waals surface area contributed by atoms with Gasteiger partial charge in [0.2, 0.25) is 0 Å². The number of carbonyl (C=O) groups is 1. The topological polar surface area (TPSA) is 104 Å². The van der Waals surface area contributed by atoms with E-state index in [0.717, 1.165) is 19.3 Å². The van der Waals surface area contributed by atoms with Crippen LogP contribution in [0.3, 0.4) is 0 Å². The van der Waals surface area contributed by atoms with Crippen molar-refractivity contribution in [1.82, 2.24) is 5.32 Å². The third kappa shape index (κ3) is 11.3. The lowest BCUT2D eigenvalue weighted by atomic mass is 10.0. The van der Waals surface area contributed by atoms with Crippen LogP contribution in [0, 0.1) is 3.57 Å². The van der Waals surface area contributed by atoms with E-state index >= 15 is 0 Å². The molecule has 0 saturated heterocycles. The number of benzene rings is 1. The summed E-state index contributed by atoms with van der Waals surface area (Å²) in [6.07, 6.45) is 12.4. The molecule has 39 heavy (non-hydrogen) atoms. The molecule has 0 saturated carbocycles. The SMILES string of the molecule is CCCCCCCCCCCCC/C=C/[C@@H](O)[C@H](CO)NC(=O)COc1ccc(C2(C(F)(F)F)N=N2)cc1I. The van der Waals surface area contributed by atoms with Gasteiger partial charge in [0.05, 0.1) is 22.3 Å². The highest BCUT2D eigenvalue weighted by Crippen LogP contribution is 2.52. The van der Waals surface area contributed by atoms with Gasteiger partial charge in [-0.2, -0.15) is 13.2 Å². The summed E-state index contributed by atoms with van der Waals surface area (Å²) in [5, 5.41) is 28.8. The maximum absolute atomic E-state index is 13.2. The molecule has 1 amide bonds. The van der Waals surface area contributed by atoms with Gasteiger partial charge < -0.3 is 20.3 Å². The zero-order valence-electron chi connectivity index (χ0n) is 22.6. The minimum Gasteiger partial charge on any atom is -0.483 e. The van der Waals surface area contributed by atoms with Crippen molar-refractivity contribution in [3.8, 4) is 5.75 Å². The monoisotopic (exact) mass is 667 g/mol. The Bertz CT molecular complexity index is 937. The molecule has 2 atom stereocenters. The summed E-state index contributed by atoms with van der Waals surface area (Å²) >= 11 is 1.81. The van der Waals surface area contributed by atoms with E-state index in [1.54, 1.807) is 6.08 Å². The number of carbonyl (C=O) groups excluding carboxylic acids is 1. The molecule has 1 aromatic rings. The lowest BCUT2D eigenvalue weighted by molar-refractivity contribution is -0.166. The summed E-state index contributed by atoms with van der Waals surface area (Å²) in [7, 11) is 0. The first-order valence-electron chi connectivity index (χ1n) is 13.8. The molecule has 7 nitrogen and oxygen atoms in total. The van der Waals surface area contributed by atoms with Crippen LogP contribution in [0.15, 0.2) is 40.6 Å². The van der Waals surface area contributed by atoms with Gasteiger partial charge in [0.15, 0.2) is 6.61 Å². The zero-order valence-corrected chi connectivity index (χ0v) is 24.7. The molecule has 3 N–H and O–H groups in total. The van der Waals surface area contributed by atoms with Crippen LogP contribution in [0.4, 0.5) is 13.2 Å². The summed E-state index contributed by atoms with van der Waals surface area (Å²) in [6, 6.07) is 2.91. The van der Waals surface area contributed by atoms with Gasteiger partial charge in [0.1, 0.15) is 5.75 Å². The van der Waals surface area contributed by atoms with Crippen LogP contribution in [-0.4, -0.2) is 47.7 Å².